The predicted molar refractivity (Wildman–Crippen MR) is 113 cm³/mol. The second-order valence-electron chi connectivity index (χ2n) is 8.27. The first-order valence-corrected chi connectivity index (χ1v) is 10.6. The van der Waals surface area contributed by atoms with E-state index in [0.717, 1.165) is 50.4 Å². The van der Waals surface area contributed by atoms with Gasteiger partial charge in [0.1, 0.15) is 6.29 Å². The van der Waals surface area contributed by atoms with Crippen molar-refractivity contribution >= 4 is 18.1 Å². The van der Waals surface area contributed by atoms with Crippen molar-refractivity contribution in [2.24, 2.45) is 0 Å². The Morgan fingerprint density at radius 3 is 2.45 bits per heavy atom. The van der Waals surface area contributed by atoms with Crippen LogP contribution in [-0.4, -0.2) is 18.1 Å². The van der Waals surface area contributed by atoms with Gasteiger partial charge in [-0.15, -0.1) is 0 Å². The summed E-state index contributed by atoms with van der Waals surface area (Å²) in [5.41, 5.74) is 5.18. The molecule has 1 aliphatic heterocycles. The van der Waals surface area contributed by atoms with Gasteiger partial charge in [-0.1, -0.05) is 68.1 Å². The number of hydrogen-bond donors (Lipinski definition) is 1. The fraction of sp³-hybridized carbons (Fsp3) is 0.400. The average molecular weight is 389 g/mol. The molecule has 0 aromatic heterocycles. The van der Waals surface area contributed by atoms with Gasteiger partial charge in [-0.3, -0.25) is 14.9 Å². The number of rotatable bonds is 9. The molecule has 0 spiro atoms. The number of carbonyl (C=O) groups is 3. The summed E-state index contributed by atoms with van der Waals surface area (Å²) in [7, 11) is 0. The molecule has 4 nitrogen and oxygen atoms in total. The lowest BCUT2D eigenvalue weighted by Gasteiger charge is -2.28. The average Bonchev–Trinajstić information content (AvgIpc) is 3.24. The Bertz CT molecular complexity index is 949. The molecule has 29 heavy (non-hydrogen) atoms. The van der Waals surface area contributed by atoms with E-state index in [-0.39, 0.29) is 18.2 Å². The molecule has 1 aliphatic carbocycles. The smallest absolute Gasteiger partial charge is 0.237 e. The predicted octanol–water partition coefficient (Wildman–Crippen LogP) is 4.47. The summed E-state index contributed by atoms with van der Waals surface area (Å²) in [4.78, 5) is 35.6. The van der Waals surface area contributed by atoms with Gasteiger partial charge >= 0.3 is 0 Å². The van der Waals surface area contributed by atoms with Gasteiger partial charge in [0.05, 0.1) is 5.41 Å². The zero-order valence-electron chi connectivity index (χ0n) is 16.7. The Morgan fingerprint density at radius 2 is 1.66 bits per heavy atom. The number of aldehydes is 1. The lowest BCUT2D eigenvalue weighted by atomic mass is 9.72. The maximum absolute atomic E-state index is 13.0. The van der Waals surface area contributed by atoms with E-state index in [0.29, 0.717) is 12.8 Å². The lowest BCUT2D eigenvalue weighted by molar-refractivity contribution is -0.126. The van der Waals surface area contributed by atoms with Gasteiger partial charge < -0.3 is 4.79 Å². The van der Waals surface area contributed by atoms with Crippen LogP contribution in [0.5, 0.6) is 0 Å². The van der Waals surface area contributed by atoms with Gasteiger partial charge in [0.15, 0.2) is 0 Å². The first kappa shape index (κ1) is 19.6. The second-order valence-corrected chi connectivity index (χ2v) is 8.27. The Morgan fingerprint density at radius 1 is 0.897 bits per heavy atom. The highest BCUT2D eigenvalue weighted by atomic mass is 16.2. The molecule has 2 aromatic carbocycles. The van der Waals surface area contributed by atoms with Crippen LogP contribution in [0.2, 0.25) is 0 Å². The van der Waals surface area contributed by atoms with Crippen LogP contribution in [0.15, 0.2) is 42.5 Å². The molecule has 0 saturated carbocycles. The van der Waals surface area contributed by atoms with Gasteiger partial charge in [-0.2, -0.15) is 0 Å². The maximum atomic E-state index is 13.0. The zero-order chi connectivity index (χ0) is 20.3. The van der Waals surface area contributed by atoms with Crippen molar-refractivity contribution in [2.45, 2.75) is 63.2 Å². The van der Waals surface area contributed by atoms with Crippen molar-refractivity contribution in [1.82, 2.24) is 5.32 Å². The molecule has 2 amide bonds. The minimum atomic E-state index is -0.757. The van der Waals surface area contributed by atoms with Crippen LogP contribution in [0.25, 0.3) is 11.1 Å². The van der Waals surface area contributed by atoms with Crippen molar-refractivity contribution in [3.8, 4) is 11.1 Å². The van der Waals surface area contributed by atoms with Gasteiger partial charge in [-0.05, 0) is 47.1 Å². The van der Waals surface area contributed by atoms with E-state index in [1.165, 1.54) is 22.3 Å². The summed E-state index contributed by atoms with van der Waals surface area (Å²) in [6.07, 6.45) is 8.26. The number of fused-ring (bicyclic) bond motifs is 3. The molecule has 4 rings (SSSR count). The maximum Gasteiger partial charge on any atom is 0.237 e. The van der Waals surface area contributed by atoms with Crippen LogP contribution in [0.3, 0.4) is 0 Å². The first-order chi connectivity index (χ1) is 14.2. The Balaban J connectivity index is 1.58. The Labute approximate surface area is 171 Å². The fourth-order valence-corrected chi connectivity index (χ4v) is 4.99. The van der Waals surface area contributed by atoms with E-state index >= 15 is 0 Å². The number of unbranched alkanes of at least 4 members (excludes halogenated alkanes) is 5. The van der Waals surface area contributed by atoms with Crippen LogP contribution >= 0.6 is 0 Å². The largest absolute Gasteiger partial charge is 0.303 e. The van der Waals surface area contributed by atoms with Crippen LogP contribution in [0, 0.1) is 0 Å². The molecular formula is C25H27NO3. The van der Waals surface area contributed by atoms with E-state index in [1.807, 2.05) is 18.2 Å². The third-order valence-corrected chi connectivity index (χ3v) is 6.44. The normalized spacial score (nSPS) is 19.7. The molecule has 1 N–H and O–H groups in total. The summed E-state index contributed by atoms with van der Waals surface area (Å²) in [5.74, 6) is -0.318. The first-order valence-electron chi connectivity index (χ1n) is 10.6. The molecule has 0 radical (unpaired) electrons. The molecule has 1 saturated heterocycles. The fourth-order valence-electron chi connectivity index (χ4n) is 4.99. The van der Waals surface area contributed by atoms with Gasteiger partial charge in [0.25, 0.3) is 0 Å². The van der Waals surface area contributed by atoms with Crippen molar-refractivity contribution in [3.63, 3.8) is 0 Å². The van der Waals surface area contributed by atoms with Crippen LogP contribution in [-0.2, 0) is 26.2 Å². The number of hydrogen-bond acceptors (Lipinski definition) is 3. The van der Waals surface area contributed by atoms with Crippen molar-refractivity contribution in [2.75, 3.05) is 0 Å². The monoisotopic (exact) mass is 389 g/mol. The highest BCUT2D eigenvalue weighted by Gasteiger charge is 2.49. The summed E-state index contributed by atoms with van der Waals surface area (Å²) in [6, 6.07) is 14.6. The summed E-state index contributed by atoms with van der Waals surface area (Å²) in [5, 5.41) is 2.57. The molecule has 150 valence electrons. The zero-order valence-corrected chi connectivity index (χ0v) is 16.7. The summed E-state index contributed by atoms with van der Waals surface area (Å²) in [6.45, 7) is 0. The van der Waals surface area contributed by atoms with Crippen LogP contribution in [0.1, 0.15) is 68.1 Å². The molecule has 1 fully saturated rings. The van der Waals surface area contributed by atoms with E-state index in [1.54, 1.807) is 0 Å². The van der Waals surface area contributed by atoms with Crippen LogP contribution in [0.4, 0.5) is 0 Å². The number of nitrogens with one attached hydrogen (secondary N) is 1. The van der Waals surface area contributed by atoms with E-state index in [4.69, 9.17) is 0 Å². The number of imide groups is 1. The third-order valence-electron chi connectivity index (χ3n) is 6.44. The van der Waals surface area contributed by atoms with Gasteiger partial charge in [-0.25, -0.2) is 0 Å². The molecule has 4 heteroatoms. The number of benzene rings is 2. The topological polar surface area (TPSA) is 63.2 Å². The standard InChI is InChI=1S/C25H27NO3/c27-15-8-4-2-1-3-7-14-25(17-23(28)26-24(25)29)22-13-9-12-20-19-11-6-5-10-18(19)16-21(20)22/h5-6,9-13,15H,1-4,7-8,14,16-17H2,(H,26,28,29). The van der Waals surface area contributed by atoms with E-state index in [2.05, 4.69) is 29.6 Å². The highest BCUT2D eigenvalue weighted by molar-refractivity contribution is 6.09. The molecule has 1 heterocycles. The van der Waals surface area contributed by atoms with Crippen molar-refractivity contribution in [3.05, 3.63) is 59.2 Å². The number of carbonyl (C=O) groups excluding carboxylic acids is 3. The number of amides is 2. The molecule has 2 aliphatic rings. The summed E-state index contributed by atoms with van der Waals surface area (Å²) >= 11 is 0. The Kier molecular flexibility index (Phi) is 5.61. The van der Waals surface area contributed by atoms with Gasteiger partial charge in [0.2, 0.25) is 11.8 Å². The lowest BCUT2D eigenvalue weighted by Crippen LogP contribution is -2.36. The molecule has 1 unspecified atom stereocenters. The summed E-state index contributed by atoms with van der Waals surface area (Å²) < 4.78 is 0. The molecule has 0 bridgehead atoms. The third kappa shape index (κ3) is 3.64. The molecule has 2 aromatic rings. The molecule has 1 atom stereocenters. The van der Waals surface area contributed by atoms with Crippen molar-refractivity contribution < 1.29 is 14.4 Å². The SMILES string of the molecule is O=CCCCCCCCC1(c2cccc3c2Cc2ccccc2-3)CC(=O)NC1=O. The minimum Gasteiger partial charge on any atom is -0.303 e. The quantitative estimate of drug-likeness (QED) is 0.334. The van der Waals surface area contributed by atoms with Crippen molar-refractivity contribution in [1.29, 1.82) is 0 Å². The van der Waals surface area contributed by atoms with E-state index < -0.39 is 5.41 Å². The molecular weight excluding hydrogens is 362 g/mol. The Hall–Kier alpha value is -2.75. The minimum absolute atomic E-state index is 0.146. The van der Waals surface area contributed by atoms with Crippen LogP contribution < -0.4 is 5.32 Å². The van der Waals surface area contributed by atoms with E-state index in [9.17, 15) is 14.4 Å². The highest BCUT2D eigenvalue weighted by Crippen LogP contribution is 2.46. The second kappa shape index (κ2) is 8.32. The van der Waals surface area contributed by atoms with Gasteiger partial charge in [0, 0.05) is 12.8 Å².